The van der Waals surface area contributed by atoms with E-state index in [1.807, 2.05) is 24.3 Å². The molecule has 1 atom stereocenters. The Balaban J connectivity index is 0.00000392. The average molecular weight is 486 g/mol. The summed E-state index contributed by atoms with van der Waals surface area (Å²) >= 11 is 12.2. The van der Waals surface area contributed by atoms with Gasteiger partial charge < -0.3 is 25.2 Å². The first-order valence-electron chi connectivity index (χ1n) is 8.83. The molecule has 0 aromatic heterocycles. The molecule has 0 bridgehead atoms. The molecule has 2 aromatic rings. The van der Waals surface area contributed by atoms with E-state index >= 15 is 0 Å². The van der Waals surface area contributed by atoms with Gasteiger partial charge in [0.15, 0.2) is 11.5 Å². The van der Waals surface area contributed by atoms with E-state index in [1.54, 1.807) is 26.2 Å². The molecule has 3 N–H and O–H groups in total. The van der Waals surface area contributed by atoms with Crippen molar-refractivity contribution in [2.45, 2.75) is 26.2 Å². The fourth-order valence-electron chi connectivity index (χ4n) is 2.52. The third-order valence-electron chi connectivity index (χ3n) is 3.90. The van der Waals surface area contributed by atoms with Gasteiger partial charge in [-0.25, -0.2) is 0 Å². The average Bonchev–Trinajstić information content (AvgIpc) is 2.64. The van der Waals surface area contributed by atoms with Crippen LogP contribution >= 0.6 is 48.0 Å². The van der Waals surface area contributed by atoms with Gasteiger partial charge >= 0.3 is 0 Å². The Morgan fingerprint density at radius 2 is 1.76 bits per heavy atom. The Hall–Kier alpha value is -0.920. The van der Waals surface area contributed by atoms with E-state index in [0.717, 1.165) is 24.2 Å². The summed E-state index contributed by atoms with van der Waals surface area (Å²) in [5.41, 5.74) is 1.85. The minimum atomic E-state index is -0.344. The zero-order valence-electron chi connectivity index (χ0n) is 16.4. The number of benzene rings is 2. The first kappa shape index (κ1) is 28.1. The minimum Gasteiger partial charge on any atom is -0.493 e. The van der Waals surface area contributed by atoms with Crippen LogP contribution < -0.4 is 20.1 Å². The van der Waals surface area contributed by atoms with Crippen molar-refractivity contribution >= 4 is 48.0 Å². The van der Waals surface area contributed by atoms with Gasteiger partial charge in [-0.2, -0.15) is 0 Å². The van der Waals surface area contributed by atoms with E-state index in [0.29, 0.717) is 41.2 Å². The van der Waals surface area contributed by atoms with Crippen LogP contribution in [0.3, 0.4) is 0 Å². The SMILES string of the molecule is COc1cccc(CNCCNCC(C)O)c1OCc1ccc(Cl)cc1Cl.Cl.Cl. The minimum absolute atomic E-state index is 0. The molecule has 2 rings (SSSR count). The van der Waals surface area contributed by atoms with E-state index in [1.165, 1.54) is 0 Å². The summed E-state index contributed by atoms with van der Waals surface area (Å²) in [4.78, 5) is 0. The zero-order valence-corrected chi connectivity index (χ0v) is 19.6. The number of ether oxygens (including phenoxy) is 2. The lowest BCUT2D eigenvalue weighted by Crippen LogP contribution is -2.31. The molecule has 0 radical (unpaired) electrons. The highest BCUT2D eigenvalue weighted by molar-refractivity contribution is 6.35. The molecule has 0 saturated heterocycles. The van der Waals surface area contributed by atoms with Gasteiger partial charge in [0.2, 0.25) is 0 Å². The quantitative estimate of drug-likeness (QED) is 0.409. The third kappa shape index (κ3) is 9.62. The van der Waals surface area contributed by atoms with Crippen LogP contribution in [0.2, 0.25) is 10.0 Å². The number of aliphatic hydroxyl groups is 1. The molecule has 0 heterocycles. The van der Waals surface area contributed by atoms with E-state index in [9.17, 15) is 5.11 Å². The molecule has 164 valence electrons. The van der Waals surface area contributed by atoms with Crippen molar-refractivity contribution in [3.8, 4) is 11.5 Å². The molecule has 0 aliphatic rings. The molecule has 1 unspecified atom stereocenters. The molecule has 0 amide bonds. The number of rotatable bonds is 11. The van der Waals surface area contributed by atoms with Crippen molar-refractivity contribution in [1.82, 2.24) is 10.6 Å². The Morgan fingerprint density at radius 3 is 2.41 bits per heavy atom. The molecule has 2 aromatic carbocycles. The van der Waals surface area contributed by atoms with Gasteiger partial charge in [-0.3, -0.25) is 0 Å². The Labute approximate surface area is 194 Å². The highest BCUT2D eigenvalue weighted by Gasteiger charge is 2.12. The molecule has 29 heavy (non-hydrogen) atoms. The maximum atomic E-state index is 9.24. The lowest BCUT2D eigenvalue weighted by atomic mass is 10.1. The fourth-order valence-corrected chi connectivity index (χ4v) is 2.99. The van der Waals surface area contributed by atoms with Gasteiger partial charge in [0, 0.05) is 47.4 Å². The van der Waals surface area contributed by atoms with Crippen LogP contribution in [-0.2, 0) is 13.2 Å². The van der Waals surface area contributed by atoms with Crippen LogP contribution in [0, 0.1) is 0 Å². The Kier molecular flexibility index (Phi) is 14.5. The number of methoxy groups -OCH3 is 1. The molecule has 0 aliphatic heterocycles. The van der Waals surface area contributed by atoms with E-state index < -0.39 is 0 Å². The second-order valence-corrected chi connectivity index (χ2v) is 7.05. The fraction of sp³-hybridized carbons (Fsp3) is 0.400. The zero-order chi connectivity index (χ0) is 19.6. The second-order valence-electron chi connectivity index (χ2n) is 6.20. The number of nitrogens with one attached hydrogen (secondary N) is 2. The summed E-state index contributed by atoms with van der Waals surface area (Å²) in [6.07, 6.45) is -0.344. The standard InChI is InChI=1S/C20H26Cl2N2O3.2ClH/c1-14(25)11-23-8-9-24-12-15-4-3-5-19(26-2)20(15)27-13-16-6-7-17(21)10-18(16)22;;/h3-7,10,14,23-25H,8-9,11-13H2,1-2H3;2*1H. The Bertz CT molecular complexity index is 733. The van der Waals surface area contributed by atoms with Gasteiger partial charge in [0.1, 0.15) is 6.61 Å². The van der Waals surface area contributed by atoms with Crippen molar-refractivity contribution in [3.05, 3.63) is 57.6 Å². The maximum Gasteiger partial charge on any atom is 0.166 e. The first-order chi connectivity index (χ1) is 13.0. The van der Waals surface area contributed by atoms with Gasteiger partial charge in [0.05, 0.1) is 13.2 Å². The number of aliphatic hydroxyl groups excluding tert-OH is 1. The monoisotopic (exact) mass is 484 g/mol. The van der Waals surface area contributed by atoms with Crippen molar-refractivity contribution in [3.63, 3.8) is 0 Å². The Morgan fingerprint density at radius 1 is 1.03 bits per heavy atom. The number of halogens is 4. The summed E-state index contributed by atoms with van der Waals surface area (Å²) in [5, 5.41) is 16.9. The van der Waals surface area contributed by atoms with Crippen molar-refractivity contribution in [2.24, 2.45) is 0 Å². The summed E-state index contributed by atoms with van der Waals surface area (Å²) in [5.74, 6) is 1.36. The maximum absolute atomic E-state index is 9.24. The van der Waals surface area contributed by atoms with Crippen LogP contribution in [0.1, 0.15) is 18.1 Å². The molecule has 9 heteroatoms. The molecular formula is C20H28Cl4N2O3. The highest BCUT2D eigenvalue weighted by atomic mass is 35.5. The normalized spacial score (nSPS) is 11.2. The van der Waals surface area contributed by atoms with Gasteiger partial charge in [-0.1, -0.05) is 41.4 Å². The predicted octanol–water partition coefficient (Wildman–Crippen LogP) is 4.48. The van der Waals surface area contributed by atoms with Crippen molar-refractivity contribution in [1.29, 1.82) is 0 Å². The van der Waals surface area contributed by atoms with Crippen LogP contribution in [0.25, 0.3) is 0 Å². The molecule has 0 aliphatic carbocycles. The summed E-state index contributed by atoms with van der Waals surface area (Å²) in [7, 11) is 1.62. The van der Waals surface area contributed by atoms with Crippen LogP contribution in [0.5, 0.6) is 11.5 Å². The lowest BCUT2D eigenvalue weighted by molar-refractivity contribution is 0.191. The molecule has 0 spiro atoms. The van der Waals surface area contributed by atoms with Gasteiger partial charge in [-0.15, -0.1) is 24.8 Å². The summed E-state index contributed by atoms with van der Waals surface area (Å²) < 4.78 is 11.5. The third-order valence-corrected chi connectivity index (χ3v) is 4.49. The number of para-hydroxylation sites is 1. The first-order valence-corrected chi connectivity index (χ1v) is 9.59. The molecule has 5 nitrogen and oxygen atoms in total. The summed E-state index contributed by atoms with van der Waals surface area (Å²) in [6.45, 7) is 4.83. The molecule has 0 saturated carbocycles. The van der Waals surface area contributed by atoms with E-state index in [2.05, 4.69) is 10.6 Å². The largest absolute Gasteiger partial charge is 0.493 e. The van der Waals surface area contributed by atoms with Gasteiger partial charge in [-0.05, 0) is 25.1 Å². The van der Waals surface area contributed by atoms with Crippen LogP contribution in [0.4, 0.5) is 0 Å². The lowest BCUT2D eigenvalue weighted by Gasteiger charge is -2.16. The molecular weight excluding hydrogens is 458 g/mol. The van der Waals surface area contributed by atoms with Crippen LogP contribution in [-0.4, -0.2) is 38.0 Å². The molecule has 0 fully saturated rings. The highest BCUT2D eigenvalue weighted by Crippen LogP contribution is 2.32. The summed E-state index contributed by atoms with van der Waals surface area (Å²) in [6, 6.07) is 11.1. The van der Waals surface area contributed by atoms with Crippen molar-refractivity contribution in [2.75, 3.05) is 26.7 Å². The van der Waals surface area contributed by atoms with Crippen LogP contribution in [0.15, 0.2) is 36.4 Å². The van der Waals surface area contributed by atoms with Crippen molar-refractivity contribution < 1.29 is 14.6 Å². The topological polar surface area (TPSA) is 62.8 Å². The second kappa shape index (κ2) is 15.0. The predicted molar refractivity (Wildman–Crippen MR) is 125 cm³/mol. The number of hydrogen-bond donors (Lipinski definition) is 3. The van der Waals surface area contributed by atoms with E-state index in [4.69, 9.17) is 32.7 Å². The number of hydrogen-bond acceptors (Lipinski definition) is 5. The van der Waals surface area contributed by atoms with E-state index in [-0.39, 0.29) is 30.9 Å². The smallest absolute Gasteiger partial charge is 0.166 e. The van der Waals surface area contributed by atoms with Gasteiger partial charge in [0.25, 0.3) is 0 Å².